The molecule has 2 aromatic rings. The summed E-state index contributed by atoms with van der Waals surface area (Å²) < 4.78 is 3.31. The highest BCUT2D eigenvalue weighted by molar-refractivity contribution is 9.10. The molecule has 0 aliphatic carbocycles. The van der Waals surface area contributed by atoms with E-state index in [1.807, 2.05) is 12.5 Å². The molecule has 1 atom stereocenters. The van der Waals surface area contributed by atoms with E-state index in [4.69, 9.17) is 0 Å². The van der Waals surface area contributed by atoms with Gasteiger partial charge in [0, 0.05) is 16.2 Å². The smallest absolute Gasteiger partial charge is 0.0994 e. The summed E-state index contributed by atoms with van der Waals surface area (Å²) in [5.74, 6) is 0. The van der Waals surface area contributed by atoms with Crippen molar-refractivity contribution in [3.63, 3.8) is 0 Å². The molecule has 1 aliphatic rings. The fourth-order valence-corrected chi connectivity index (χ4v) is 3.33. The summed E-state index contributed by atoms with van der Waals surface area (Å²) in [6.07, 6.45) is 7.66. The number of hydrogen-bond donors (Lipinski definition) is 1. The second kappa shape index (κ2) is 5.47. The van der Waals surface area contributed by atoms with Crippen molar-refractivity contribution in [2.45, 2.75) is 32.2 Å². The minimum Gasteiger partial charge on any atom is -0.309 e. The fraction of sp³-hybridized carbons (Fsp3) is 0.400. The highest BCUT2D eigenvalue weighted by Crippen LogP contribution is 2.26. The first kappa shape index (κ1) is 12.9. The lowest BCUT2D eigenvalue weighted by Gasteiger charge is -2.24. The van der Waals surface area contributed by atoms with Crippen molar-refractivity contribution in [3.8, 4) is 5.69 Å². The summed E-state index contributed by atoms with van der Waals surface area (Å²) >= 11 is 3.57. The van der Waals surface area contributed by atoms with Crippen LogP contribution < -0.4 is 5.32 Å². The SMILES string of the molecule is Cc1cc(Br)cc(-n2cncc2C2CCCCN2)c1. The molecule has 1 aliphatic heterocycles. The molecule has 100 valence electrons. The number of benzene rings is 1. The highest BCUT2D eigenvalue weighted by Gasteiger charge is 2.19. The van der Waals surface area contributed by atoms with Crippen LogP contribution in [0.5, 0.6) is 0 Å². The number of rotatable bonds is 2. The summed E-state index contributed by atoms with van der Waals surface area (Å²) in [6, 6.07) is 6.88. The van der Waals surface area contributed by atoms with Gasteiger partial charge in [-0.05, 0) is 50.1 Å². The molecule has 4 heteroatoms. The van der Waals surface area contributed by atoms with Gasteiger partial charge in [0.05, 0.1) is 18.2 Å². The number of imidazole rings is 1. The second-order valence-electron chi connectivity index (χ2n) is 5.18. The molecule has 0 saturated carbocycles. The average molecular weight is 320 g/mol. The van der Waals surface area contributed by atoms with Crippen molar-refractivity contribution in [2.24, 2.45) is 0 Å². The summed E-state index contributed by atoms with van der Waals surface area (Å²) in [4.78, 5) is 4.34. The maximum atomic E-state index is 4.34. The molecule has 0 radical (unpaired) electrons. The van der Waals surface area contributed by atoms with Crippen molar-refractivity contribution < 1.29 is 0 Å². The maximum Gasteiger partial charge on any atom is 0.0994 e. The third-order valence-electron chi connectivity index (χ3n) is 3.64. The number of halogens is 1. The van der Waals surface area contributed by atoms with E-state index in [1.165, 1.54) is 36.2 Å². The van der Waals surface area contributed by atoms with Gasteiger partial charge < -0.3 is 9.88 Å². The first-order valence-corrected chi connectivity index (χ1v) is 7.56. The number of nitrogens with zero attached hydrogens (tertiary/aromatic N) is 2. The number of aryl methyl sites for hydroxylation is 1. The molecular weight excluding hydrogens is 302 g/mol. The van der Waals surface area contributed by atoms with Crippen LogP contribution in [0.2, 0.25) is 0 Å². The number of nitrogens with one attached hydrogen (secondary N) is 1. The van der Waals surface area contributed by atoms with E-state index in [9.17, 15) is 0 Å². The van der Waals surface area contributed by atoms with Crippen LogP contribution in [0.3, 0.4) is 0 Å². The Labute approximate surface area is 122 Å². The predicted molar refractivity (Wildman–Crippen MR) is 80.6 cm³/mol. The van der Waals surface area contributed by atoms with Crippen LogP contribution in [0.1, 0.15) is 36.6 Å². The molecule has 1 aromatic heterocycles. The number of hydrogen-bond acceptors (Lipinski definition) is 2. The van der Waals surface area contributed by atoms with Crippen LogP contribution in [0.25, 0.3) is 5.69 Å². The second-order valence-corrected chi connectivity index (χ2v) is 6.09. The molecule has 3 rings (SSSR count). The van der Waals surface area contributed by atoms with Gasteiger partial charge >= 0.3 is 0 Å². The minimum absolute atomic E-state index is 0.426. The lowest BCUT2D eigenvalue weighted by molar-refractivity contribution is 0.402. The molecule has 1 N–H and O–H groups in total. The fourth-order valence-electron chi connectivity index (χ4n) is 2.74. The first-order chi connectivity index (χ1) is 9.24. The normalized spacial score (nSPS) is 19.6. The Kier molecular flexibility index (Phi) is 3.71. The average Bonchev–Trinajstić information content (AvgIpc) is 2.88. The van der Waals surface area contributed by atoms with Gasteiger partial charge in [0.15, 0.2) is 0 Å². The monoisotopic (exact) mass is 319 g/mol. The van der Waals surface area contributed by atoms with Gasteiger partial charge in [-0.25, -0.2) is 4.98 Å². The zero-order chi connectivity index (χ0) is 13.2. The third kappa shape index (κ3) is 2.74. The van der Waals surface area contributed by atoms with Crippen LogP contribution in [-0.4, -0.2) is 16.1 Å². The Morgan fingerprint density at radius 3 is 2.95 bits per heavy atom. The van der Waals surface area contributed by atoms with E-state index in [0.29, 0.717) is 6.04 Å². The van der Waals surface area contributed by atoms with E-state index in [1.54, 1.807) is 0 Å². The topological polar surface area (TPSA) is 29.9 Å². The van der Waals surface area contributed by atoms with E-state index in [-0.39, 0.29) is 0 Å². The molecule has 2 heterocycles. The van der Waals surface area contributed by atoms with E-state index >= 15 is 0 Å². The van der Waals surface area contributed by atoms with Gasteiger partial charge in [-0.1, -0.05) is 22.4 Å². The Balaban J connectivity index is 1.98. The highest BCUT2D eigenvalue weighted by atomic mass is 79.9. The molecule has 0 spiro atoms. The van der Waals surface area contributed by atoms with Crippen LogP contribution in [-0.2, 0) is 0 Å². The maximum absolute atomic E-state index is 4.34. The third-order valence-corrected chi connectivity index (χ3v) is 4.10. The van der Waals surface area contributed by atoms with Crippen LogP contribution in [0.4, 0.5) is 0 Å². The van der Waals surface area contributed by atoms with Gasteiger partial charge in [0.2, 0.25) is 0 Å². The van der Waals surface area contributed by atoms with Gasteiger partial charge in [0.25, 0.3) is 0 Å². The molecule has 3 nitrogen and oxygen atoms in total. The van der Waals surface area contributed by atoms with Gasteiger partial charge in [-0.3, -0.25) is 0 Å². The number of aromatic nitrogens is 2. The van der Waals surface area contributed by atoms with Crippen molar-refractivity contribution in [1.82, 2.24) is 14.9 Å². The lowest BCUT2D eigenvalue weighted by atomic mass is 10.0. The summed E-state index contributed by atoms with van der Waals surface area (Å²) in [5, 5.41) is 3.59. The molecule has 1 saturated heterocycles. The quantitative estimate of drug-likeness (QED) is 0.913. The van der Waals surface area contributed by atoms with Crippen molar-refractivity contribution >= 4 is 15.9 Å². The molecule has 0 amide bonds. The Hall–Kier alpha value is -1.13. The standard InChI is InChI=1S/C15H18BrN3/c1-11-6-12(16)8-13(7-11)19-10-17-9-15(19)14-4-2-3-5-18-14/h6-10,14,18H,2-5H2,1H3. The number of piperidine rings is 1. The zero-order valence-electron chi connectivity index (χ0n) is 11.1. The van der Waals surface area contributed by atoms with Crippen LogP contribution >= 0.6 is 15.9 Å². The zero-order valence-corrected chi connectivity index (χ0v) is 12.7. The minimum atomic E-state index is 0.426. The largest absolute Gasteiger partial charge is 0.309 e. The van der Waals surface area contributed by atoms with Gasteiger partial charge in [-0.15, -0.1) is 0 Å². The van der Waals surface area contributed by atoms with E-state index in [2.05, 4.69) is 55.9 Å². The molecule has 1 fully saturated rings. The molecule has 0 bridgehead atoms. The Morgan fingerprint density at radius 1 is 1.32 bits per heavy atom. The van der Waals surface area contributed by atoms with E-state index < -0.39 is 0 Å². The molecule has 1 aromatic carbocycles. The summed E-state index contributed by atoms with van der Waals surface area (Å²) in [6.45, 7) is 3.22. The Morgan fingerprint density at radius 2 is 2.21 bits per heavy atom. The Bertz CT molecular complexity index is 550. The van der Waals surface area contributed by atoms with Gasteiger partial charge in [-0.2, -0.15) is 0 Å². The van der Waals surface area contributed by atoms with E-state index in [0.717, 1.165) is 11.0 Å². The molecule has 19 heavy (non-hydrogen) atoms. The lowest BCUT2D eigenvalue weighted by Crippen LogP contribution is -2.28. The van der Waals surface area contributed by atoms with Crippen molar-refractivity contribution in [2.75, 3.05) is 6.54 Å². The van der Waals surface area contributed by atoms with Crippen LogP contribution in [0, 0.1) is 6.92 Å². The van der Waals surface area contributed by atoms with Gasteiger partial charge in [0.1, 0.15) is 0 Å². The summed E-state index contributed by atoms with van der Waals surface area (Å²) in [7, 11) is 0. The summed E-state index contributed by atoms with van der Waals surface area (Å²) in [5.41, 5.74) is 3.68. The van der Waals surface area contributed by atoms with Crippen LogP contribution in [0.15, 0.2) is 35.2 Å². The van der Waals surface area contributed by atoms with Crippen molar-refractivity contribution in [1.29, 1.82) is 0 Å². The van der Waals surface area contributed by atoms with Crippen molar-refractivity contribution in [3.05, 3.63) is 46.5 Å². The molecular formula is C15H18BrN3. The molecule has 1 unspecified atom stereocenters. The predicted octanol–water partition coefficient (Wildman–Crippen LogP) is 3.76. The first-order valence-electron chi connectivity index (χ1n) is 6.77.